The van der Waals surface area contributed by atoms with Gasteiger partial charge in [-0.25, -0.2) is 9.59 Å². The van der Waals surface area contributed by atoms with E-state index in [-0.39, 0.29) is 22.7 Å². The lowest BCUT2D eigenvalue weighted by Crippen LogP contribution is -2.40. The maximum absolute atomic E-state index is 12.0. The van der Waals surface area contributed by atoms with Crippen LogP contribution in [0, 0.1) is 5.92 Å². The van der Waals surface area contributed by atoms with Gasteiger partial charge < -0.3 is 15.5 Å². The Hall–Kier alpha value is -2.69. The minimum Gasteiger partial charge on any atom is -0.478 e. The zero-order chi connectivity index (χ0) is 22.4. The summed E-state index contributed by atoms with van der Waals surface area (Å²) in [6, 6.07) is 2.83. The molecule has 1 unspecified atom stereocenters. The Bertz CT molecular complexity index is 730. The monoisotopic (exact) mass is 419 g/mol. The van der Waals surface area contributed by atoms with Crippen molar-refractivity contribution in [2.75, 3.05) is 19.6 Å². The second kappa shape index (κ2) is 9.68. The second-order valence-corrected chi connectivity index (χ2v) is 7.52. The van der Waals surface area contributed by atoms with E-state index in [0.29, 0.717) is 12.5 Å². The lowest BCUT2D eigenvalue weighted by Gasteiger charge is -2.31. The highest BCUT2D eigenvalue weighted by Gasteiger charge is 2.38. The van der Waals surface area contributed by atoms with E-state index in [9.17, 15) is 22.8 Å². The van der Waals surface area contributed by atoms with Crippen LogP contribution in [-0.4, -0.2) is 69.3 Å². The molecule has 1 amide bonds. The average Bonchev–Trinajstić information content (AvgIpc) is 3.09. The van der Waals surface area contributed by atoms with Gasteiger partial charge >= 0.3 is 18.1 Å². The Morgan fingerprint density at radius 3 is 2.17 bits per heavy atom. The Morgan fingerprint density at radius 1 is 1.21 bits per heavy atom. The van der Waals surface area contributed by atoms with Crippen molar-refractivity contribution in [2.45, 2.75) is 38.9 Å². The number of carbonyl (C=O) groups is 3. The van der Waals surface area contributed by atoms with Crippen LogP contribution in [-0.2, 0) is 4.79 Å². The first-order valence-corrected chi connectivity index (χ1v) is 8.74. The van der Waals surface area contributed by atoms with Crippen LogP contribution in [0.3, 0.4) is 0 Å². The van der Waals surface area contributed by atoms with E-state index >= 15 is 0 Å². The molecule has 11 heteroatoms. The molecule has 1 atom stereocenters. The van der Waals surface area contributed by atoms with Crippen LogP contribution in [0.15, 0.2) is 18.3 Å². The molecule has 0 saturated carbocycles. The van der Waals surface area contributed by atoms with Crippen LogP contribution >= 0.6 is 0 Å². The number of aromatic nitrogens is 1. The van der Waals surface area contributed by atoms with Gasteiger partial charge in [0.15, 0.2) is 0 Å². The highest BCUT2D eigenvalue weighted by Crippen LogP contribution is 2.23. The third-order valence-corrected chi connectivity index (χ3v) is 4.27. The first-order valence-electron chi connectivity index (χ1n) is 8.74. The van der Waals surface area contributed by atoms with Crippen molar-refractivity contribution in [3.05, 3.63) is 29.6 Å². The predicted octanol–water partition coefficient (Wildman–Crippen LogP) is 2.26. The number of carbonyl (C=O) groups excluding carboxylic acids is 1. The molecule has 2 heterocycles. The third kappa shape index (κ3) is 8.06. The molecule has 29 heavy (non-hydrogen) atoms. The predicted molar refractivity (Wildman–Crippen MR) is 96.7 cm³/mol. The first kappa shape index (κ1) is 24.3. The smallest absolute Gasteiger partial charge is 0.478 e. The molecular formula is C18H24F3N3O5. The molecule has 1 fully saturated rings. The standard InChI is InChI=1S/C16H23N3O3.C2HF3O2/c1-16(2,3)19-7-6-11(10-19)8-18-14(20)13-5-4-12(9-17-13)15(21)22;3-2(4,5)1(6)7/h4-5,9,11H,6-8,10H2,1-3H3,(H,18,20)(H,21,22);(H,6,7). The summed E-state index contributed by atoms with van der Waals surface area (Å²) in [5, 5.41) is 18.8. The molecule has 1 aromatic heterocycles. The lowest BCUT2D eigenvalue weighted by atomic mass is 10.1. The maximum Gasteiger partial charge on any atom is 0.490 e. The Labute approximate surface area is 165 Å². The van der Waals surface area contributed by atoms with E-state index in [4.69, 9.17) is 15.0 Å². The molecule has 0 aliphatic carbocycles. The summed E-state index contributed by atoms with van der Waals surface area (Å²) in [6.07, 6.45) is -2.81. The van der Waals surface area contributed by atoms with Crippen LogP contribution in [0.25, 0.3) is 0 Å². The van der Waals surface area contributed by atoms with E-state index < -0.39 is 18.1 Å². The summed E-state index contributed by atoms with van der Waals surface area (Å²) in [5.41, 5.74) is 0.483. The van der Waals surface area contributed by atoms with Crippen LogP contribution in [0.2, 0.25) is 0 Å². The van der Waals surface area contributed by atoms with Crippen molar-refractivity contribution >= 4 is 17.8 Å². The van der Waals surface area contributed by atoms with Gasteiger partial charge in [0.2, 0.25) is 0 Å². The summed E-state index contributed by atoms with van der Waals surface area (Å²) in [6.45, 7) is 9.24. The molecule has 1 aliphatic rings. The molecule has 0 radical (unpaired) electrons. The van der Waals surface area contributed by atoms with Gasteiger partial charge in [0, 0.05) is 24.8 Å². The van der Waals surface area contributed by atoms with Crippen molar-refractivity contribution < 1.29 is 37.8 Å². The van der Waals surface area contributed by atoms with Gasteiger partial charge in [-0.1, -0.05) is 0 Å². The van der Waals surface area contributed by atoms with Crippen LogP contribution in [0.1, 0.15) is 48.0 Å². The molecule has 3 N–H and O–H groups in total. The van der Waals surface area contributed by atoms with Gasteiger partial charge in [-0.05, 0) is 51.8 Å². The van der Waals surface area contributed by atoms with Gasteiger partial charge in [-0.3, -0.25) is 14.7 Å². The Kier molecular flexibility index (Phi) is 8.13. The number of carboxylic acids is 2. The fraction of sp³-hybridized carbons (Fsp3) is 0.556. The minimum atomic E-state index is -5.08. The van der Waals surface area contributed by atoms with Crippen LogP contribution in [0.4, 0.5) is 13.2 Å². The number of aromatic carboxylic acids is 1. The number of rotatable bonds is 4. The summed E-state index contributed by atoms with van der Waals surface area (Å²) in [5.74, 6) is -3.62. The first-order chi connectivity index (χ1) is 13.2. The number of hydrogen-bond acceptors (Lipinski definition) is 5. The minimum absolute atomic E-state index is 0.0770. The molecule has 162 valence electrons. The van der Waals surface area contributed by atoms with Crippen LogP contribution < -0.4 is 5.32 Å². The average molecular weight is 419 g/mol. The number of amides is 1. The molecule has 1 aliphatic heterocycles. The van der Waals surface area contributed by atoms with Crippen molar-refractivity contribution in [3.8, 4) is 0 Å². The molecule has 1 aromatic rings. The van der Waals surface area contributed by atoms with Gasteiger partial charge in [-0.2, -0.15) is 13.2 Å². The van der Waals surface area contributed by atoms with Crippen molar-refractivity contribution in [1.82, 2.24) is 15.2 Å². The number of carboxylic acid groups (broad SMARTS) is 2. The number of halogens is 3. The van der Waals surface area contributed by atoms with E-state index in [2.05, 4.69) is 36.0 Å². The Balaban J connectivity index is 0.000000516. The highest BCUT2D eigenvalue weighted by atomic mass is 19.4. The largest absolute Gasteiger partial charge is 0.490 e. The summed E-state index contributed by atoms with van der Waals surface area (Å²) in [7, 11) is 0. The van der Waals surface area contributed by atoms with E-state index in [0.717, 1.165) is 19.5 Å². The van der Waals surface area contributed by atoms with Gasteiger partial charge in [0.1, 0.15) is 5.69 Å². The van der Waals surface area contributed by atoms with Crippen molar-refractivity contribution in [2.24, 2.45) is 5.92 Å². The molecule has 0 bridgehead atoms. The number of hydrogen-bond donors (Lipinski definition) is 3. The quantitative estimate of drug-likeness (QED) is 0.685. The second-order valence-electron chi connectivity index (χ2n) is 7.52. The van der Waals surface area contributed by atoms with E-state index in [1.165, 1.54) is 18.3 Å². The SMILES string of the molecule is CC(C)(C)N1CCC(CNC(=O)c2ccc(C(=O)O)cn2)C1.O=C(O)C(F)(F)F. The van der Waals surface area contributed by atoms with Crippen LogP contribution in [0.5, 0.6) is 0 Å². The number of alkyl halides is 3. The maximum atomic E-state index is 12.0. The van der Waals surface area contributed by atoms with Gasteiger partial charge in [0.25, 0.3) is 5.91 Å². The van der Waals surface area contributed by atoms with E-state index in [1.807, 2.05) is 0 Å². The molecular weight excluding hydrogens is 395 g/mol. The molecule has 0 spiro atoms. The molecule has 0 aromatic carbocycles. The fourth-order valence-corrected chi connectivity index (χ4v) is 2.59. The molecule has 8 nitrogen and oxygen atoms in total. The number of nitrogens with zero attached hydrogens (tertiary/aromatic N) is 2. The fourth-order valence-electron chi connectivity index (χ4n) is 2.59. The zero-order valence-corrected chi connectivity index (χ0v) is 16.3. The highest BCUT2D eigenvalue weighted by molar-refractivity contribution is 5.93. The van der Waals surface area contributed by atoms with Gasteiger partial charge in [-0.15, -0.1) is 0 Å². The van der Waals surface area contributed by atoms with E-state index in [1.54, 1.807) is 0 Å². The lowest BCUT2D eigenvalue weighted by molar-refractivity contribution is -0.192. The van der Waals surface area contributed by atoms with Crippen molar-refractivity contribution in [1.29, 1.82) is 0 Å². The topological polar surface area (TPSA) is 120 Å². The third-order valence-electron chi connectivity index (χ3n) is 4.27. The molecule has 2 rings (SSSR count). The number of nitrogens with one attached hydrogen (secondary N) is 1. The molecule has 1 saturated heterocycles. The summed E-state index contributed by atoms with van der Waals surface area (Å²) < 4.78 is 31.7. The normalized spacial score (nSPS) is 17.2. The summed E-state index contributed by atoms with van der Waals surface area (Å²) in [4.78, 5) is 38.0. The summed E-state index contributed by atoms with van der Waals surface area (Å²) >= 11 is 0. The number of likely N-dealkylation sites (tertiary alicyclic amines) is 1. The number of aliphatic carboxylic acids is 1. The van der Waals surface area contributed by atoms with Gasteiger partial charge in [0.05, 0.1) is 5.56 Å². The zero-order valence-electron chi connectivity index (χ0n) is 16.3. The van der Waals surface area contributed by atoms with Crippen molar-refractivity contribution in [3.63, 3.8) is 0 Å². The Morgan fingerprint density at radius 2 is 1.79 bits per heavy atom. The number of pyridine rings is 1.